The summed E-state index contributed by atoms with van der Waals surface area (Å²) >= 11 is 3.29. The van der Waals surface area contributed by atoms with E-state index >= 15 is 0 Å². The highest BCUT2D eigenvalue weighted by molar-refractivity contribution is 9.10. The number of hydrogen-bond donors (Lipinski definition) is 10. The maximum absolute atomic E-state index is 13.9. The molecule has 2 aromatic rings. The molecule has 3 rings (SSSR count). The number of pyridine rings is 1. The molecular weight excluding hydrogens is 1110 g/mol. The quantitative estimate of drug-likeness (QED) is 0.0245. The van der Waals surface area contributed by atoms with Crippen molar-refractivity contribution >= 4 is 81.5 Å². The van der Waals surface area contributed by atoms with Crippen LogP contribution in [0.15, 0.2) is 47.2 Å². The molecule has 436 valence electrons. The van der Waals surface area contributed by atoms with Gasteiger partial charge in [0, 0.05) is 108 Å². The number of hydrogen-bond acceptors (Lipinski definition) is 16. The fourth-order valence-corrected chi connectivity index (χ4v) is 8.61. The third kappa shape index (κ3) is 27.2. The predicted molar refractivity (Wildman–Crippen MR) is 283 cm³/mol. The number of nitrogens with one attached hydrogen (secondary N) is 4. The number of carboxylic acids is 6. The van der Waals surface area contributed by atoms with Crippen LogP contribution in [0.4, 0.5) is 4.79 Å². The maximum atomic E-state index is 13.9. The summed E-state index contributed by atoms with van der Waals surface area (Å²) in [6, 6.07) is 4.92. The Morgan fingerprint density at radius 1 is 0.582 bits per heavy atom. The minimum atomic E-state index is -1.52. The SMILES string of the molecule is O=C(O)CN1CCN(CC(=O)O)CCN(C(CCC(=O)NCCCCC(=O)NCc2ccc(C(=O)N(CCCC[C@@H](NC(=O)N[C@H](CCC(=O)[OH2+])C(=O)O)C(=O)O)Cc3ccc(Br)nc3)cc2)C(=O)O)CCN(CC(=O)O)CC1. The molecule has 3 atom stereocenters. The van der Waals surface area contributed by atoms with Crippen LogP contribution in [-0.4, -0.2) is 234 Å². The molecule has 1 aromatic heterocycles. The standard InChI is InChI=1S/C50H71BrN10O18/c51-39-14-9-34(28-53-39)29-61(18-4-2-5-36(47(73)74)55-50(79)56-37(48(75)76)12-16-42(64)65)46(72)35-10-7-33(8-11-35)27-54-40(62)6-1-3-17-52-41(63)15-13-38(49(77)78)60-25-23-58(31-44(68)69)21-19-57(30-43(66)67)20-22-59(24-26-60)32-45(70)71/h7-11,14,28,36-38H,1-6,12-13,15-27,29-32H2,(H,52,63)(H,54,62)(H,64,65)(H,66,67)(H,68,69)(H,70,71)(H,73,74)(H,75,76)(H,77,78)(H2,55,56,79)/p+1/t36-,37-,38?/m1/s1. The van der Waals surface area contributed by atoms with Gasteiger partial charge in [0.1, 0.15) is 29.1 Å². The Hall–Kier alpha value is -7.34. The van der Waals surface area contributed by atoms with Crippen molar-refractivity contribution < 1.29 is 88.5 Å². The number of halogens is 1. The van der Waals surface area contributed by atoms with E-state index in [9.17, 15) is 83.4 Å². The summed E-state index contributed by atoms with van der Waals surface area (Å²) in [4.78, 5) is 146. The summed E-state index contributed by atoms with van der Waals surface area (Å²) in [6.07, 6.45) is 2.01. The van der Waals surface area contributed by atoms with Crippen molar-refractivity contribution in [2.75, 3.05) is 85.1 Å². The van der Waals surface area contributed by atoms with Crippen LogP contribution >= 0.6 is 15.9 Å². The lowest BCUT2D eigenvalue weighted by Gasteiger charge is -2.35. The molecule has 1 saturated heterocycles. The van der Waals surface area contributed by atoms with Gasteiger partial charge in [0.05, 0.1) is 19.6 Å². The van der Waals surface area contributed by atoms with E-state index in [4.69, 9.17) is 5.11 Å². The zero-order valence-electron chi connectivity index (χ0n) is 43.7. The molecule has 5 amide bonds. The number of nitrogens with zero attached hydrogens (tertiary/aromatic N) is 6. The van der Waals surface area contributed by atoms with Crippen LogP contribution in [0.25, 0.3) is 0 Å². The van der Waals surface area contributed by atoms with Gasteiger partial charge < -0.3 is 61.9 Å². The van der Waals surface area contributed by atoms with Crippen LogP contribution in [0, 0.1) is 0 Å². The first-order valence-electron chi connectivity index (χ1n) is 25.6. The minimum absolute atomic E-state index is 0.0639. The maximum Gasteiger partial charge on any atom is 0.516 e. The smallest absolute Gasteiger partial charge is 0.516 e. The van der Waals surface area contributed by atoms with Crippen molar-refractivity contribution in [3.05, 3.63) is 63.9 Å². The van der Waals surface area contributed by atoms with E-state index in [-0.39, 0.29) is 149 Å². The van der Waals surface area contributed by atoms with Crippen molar-refractivity contribution in [3.8, 4) is 0 Å². The summed E-state index contributed by atoms with van der Waals surface area (Å²) in [5, 5.41) is 74.6. The molecule has 1 aliphatic heterocycles. The number of benzene rings is 1. The number of carbonyl (C=O) groups is 11. The summed E-state index contributed by atoms with van der Waals surface area (Å²) < 4.78 is 0.584. The van der Waals surface area contributed by atoms with Crippen LogP contribution in [0.2, 0.25) is 0 Å². The van der Waals surface area contributed by atoms with Gasteiger partial charge in [-0.05, 0) is 90.2 Å². The Morgan fingerprint density at radius 2 is 1.10 bits per heavy atom. The predicted octanol–water partition coefficient (Wildman–Crippen LogP) is -0.495. The van der Waals surface area contributed by atoms with Gasteiger partial charge in [0.2, 0.25) is 11.8 Å². The van der Waals surface area contributed by atoms with Gasteiger partial charge in [0.15, 0.2) is 0 Å². The van der Waals surface area contributed by atoms with Gasteiger partial charge >= 0.3 is 47.8 Å². The first kappa shape index (κ1) is 65.9. The van der Waals surface area contributed by atoms with Crippen molar-refractivity contribution in [3.63, 3.8) is 0 Å². The van der Waals surface area contributed by atoms with E-state index in [1.165, 1.54) is 0 Å². The Kier molecular flexibility index (Phi) is 29.4. The summed E-state index contributed by atoms with van der Waals surface area (Å²) in [5.41, 5.74) is 1.74. The van der Waals surface area contributed by atoms with E-state index in [0.717, 1.165) is 0 Å². The van der Waals surface area contributed by atoms with Gasteiger partial charge in [-0.1, -0.05) is 18.2 Å². The van der Waals surface area contributed by atoms with Crippen LogP contribution in [0.1, 0.15) is 85.7 Å². The number of rotatable bonds is 33. The zero-order valence-corrected chi connectivity index (χ0v) is 45.3. The lowest BCUT2D eigenvalue weighted by molar-refractivity contribution is -0.145. The van der Waals surface area contributed by atoms with E-state index in [1.807, 2.05) is 0 Å². The summed E-state index contributed by atoms with van der Waals surface area (Å²) in [7, 11) is 0. The first-order valence-corrected chi connectivity index (χ1v) is 26.4. The molecule has 1 aromatic carbocycles. The van der Waals surface area contributed by atoms with Gasteiger partial charge in [-0.3, -0.25) is 53.2 Å². The third-order valence-corrected chi connectivity index (χ3v) is 13.1. The number of carbonyl (C=O) groups excluding carboxylic acids is 5. The highest BCUT2D eigenvalue weighted by Crippen LogP contribution is 2.16. The third-order valence-electron chi connectivity index (χ3n) is 12.6. The molecule has 28 nitrogen and oxygen atoms in total. The monoisotopic (exact) mass is 1180 g/mol. The zero-order chi connectivity index (χ0) is 58.4. The molecule has 0 spiro atoms. The number of unbranched alkanes of at least 4 members (excludes halogenated alkanes) is 2. The number of carboxylic acid groups (broad SMARTS) is 6. The molecule has 1 fully saturated rings. The average molecular weight is 1180 g/mol. The number of aromatic nitrogens is 1. The van der Waals surface area contributed by atoms with E-state index < -0.39 is 78.3 Å². The molecule has 0 bridgehead atoms. The van der Waals surface area contributed by atoms with Crippen molar-refractivity contribution in [2.45, 2.75) is 95.4 Å². The lowest BCUT2D eigenvalue weighted by atomic mass is 10.1. The molecule has 12 N–H and O–H groups in total. The molecular formula is C50H72BrN10O18+. The fraction of sp³-hybridized carbons (Fsp3) is 0.560. The second kappa shape index (κ2) is 35.2. The van der Waals surface area contributed by atoms with Crippen molar-refractivity contribution in [1.29, 1.82) is 0 Å². The van der Waals surface area contributed by atoms with Crippen LogP contribution in [0.5, 0.6) is 0 Å². The number of urea groups is 1. The molecule has 29 heteroatoms. The number of aliphatic carboxylic acids is 6. The second-order valence-corrected chi connectivity index (χ2v) is 19.6. The van der Waals surface area contributed by atoms with E-state index in [1.54, 1.807) is 67.1 Å². The van der Waals surface area contributed by atoms with Gasteiger partial charge in [-0.2, -0.15) is 0 Å². The normalized spacial score (nSPS) is 15.2. The van der Waals surface area contributed by atoms with Crippen LogP contribution in [-0.2, 0) is 56.2 Å². The molecule has 0 saturated carbocycles. The van der Waals surface area contributed by atoms with Gasteiger partial charge in [-0.25, -0.2) is 19.4 Å². The van der Waals surface area contributed by atoms with E-state index in [2.05, 4.69) is 42.2 Å². The average Bonchev–Trinajstić information content (AvgIpc) is 3.37. The van der Waals surface area contributed by atoms with Gasteiger partial charge in [0.25, 0.3) is 5.91 Å². The van der Waals surface area contributed by atoms with Crippen molar-refractivity contribution in [1.82, 2.24) is 50.8 Å². The second-order valence-electron chi connectivity index (χ2n) is 18.8. The fourth-order valence-electron chi connectivity index (χ4n) is 8.38. The van der Waals surface area contributed by atoms with Crippen molar-refractivity contribution in [2.24, 2.45) is 0 Å². The summed E-state index contributed by atoms with van der Waals surface area (Å²) in [5.74, 6) is -9.45. The number of amides is 5. The molecule has 1 unspecified atom stereocenters. The molecule has 2 heterocycles. The highest BCUT2D eigenvalue weighted by atomic mass is 79.9. The van der Waals surface area contributed by atoms with Crippen LogP contribution in [0.3, 0.4) is 0 Å². The minimum Gasteiger partial charge on any atom is -0.565 e. The molecule has 0 aliphatic carbocycles. The first-order chi connectivity index (χ1) is 37.5. The Bertz CT molecular complexity index is 2350. The summed E-state index contributed by atoms with van der Waals surface area (Å²) in [6.45, 7) is 0.632. The molecule has 79 heavy (non-hydrogen) atoms. The molecule has 1 aliphatic rings. The molecule has 0 radical (unpaired) electrons. The largest absolute Gasteiger partial charge is 0.565 e. The van der Waals surface area contributed by atoms with E-state index in [0.29, 0.717) is 40.6 Å². The highest BCUT2D eigenvalue weighted by Gasteiger charge is 2.30. The Labute approximate surface area is 463 Å². The van der Waals surface area contributed by atoms with Gasteiger partial charge in [-0.15, -0.1) is 0 Å². The Balaban J connectivity index is 1.49. The topological polar surface area (TPSA) is 409 Å². The Morgan fingerprint density at radius 3 is 1.59 bits per heavy atom. The lowest BCUT2D eigenvalue weighted by Crippen LogP contribution is -2.52. The van der Waals surface area contributed by atoms with Crippen LogP contribution < -0.4 is 21.3 Å².